The van der Waals surface area contributed by atoms with Crippen molar-refractivity contribution in [3.63, 3.8) is 0 Å². The molecule has 1 aromatic rings. The van der Waals surface area contributed by atoms with E-state index >= 15 is 0 Å². The minimum Gasteiger partial charge on any atom is -0.381 e. The van der Waals surface area contributed by atoms with E-state index in [1.165, 1.54) is 12.8 Å². The normalized spacial score (nSPS) is 26.6. The second-order valence-electron chi connectivity index (χ2n) is 6.89. The van der Waals surface area contributed by atoms with E-state index in [1.54, 1.807) is 10.5 Å². The first-order chi connectivity index (χ1) is 10.6. The van der Waals surface area contributed by atoms with Gasteiger partial charge < -0.3 is 4.74 Å². The first kappa shape index (κ1) is 14.7. The van der Waals surface area contributed by atoms with E-state index < -0.39 is 10.0 Å². The zero-order valence-electron chi connectivity index (χ0n) is 12.7. The Kier molecular flexibility index (Phi) is 3.74. The molecule has 0 aromatic carbocycles. The molecule has 122 valence electrons. The predicted molar refractivity (Wildman–Crippen MR) is 81.6 cm³/mol. The maximum atomic E-state index is 12.6. The van der Waals surface area contributed by atoms with Gasteiger partial charge in [0.25, 0.3) is 0 Å². The quantitative estimate of drug-likeness (QED) is 0.789. The largest absolute Gasteiger partial charge is 0.381 e. The van der Waals surface area contributed by atoms with Crippen molar-refractivity contribution in [3.8, 4) is 0 Å². The first-order valence-electron chi connectivity index (χ1n) is 8.20. The summed E-state index contributed by atoms with van der Waals surface area (Å²) >= 11 is 0. The summed E-state index contributed by atoms with van der Waals surface area (Å²) < 4.78 is 34.7. The Labute approximate surface area is 131 Å². The highest BCUT2D eigenvalue weighted by Crippen LogP contribution is 2.33. The maximum absolute atomic E-state index is 12.6. The minimum atomic E-state index is -3.16. The van der Waals surface area contributed by atoms with Crippen LogP contribution in [0, 0.1) is 11.8 Å². The molecule has 4 rings (SSSR count). The molecule has 2 saturated carbocycles. The molecule has 22 heavy (non-hydrogen) atoms. The van der Waals surface area contributed by atoms with Crippen LogP contribution in [0.15, 0.2) is 12.3 Å². The van der Waals surface area contributed by atoms with Gasteiger partial charge in [-0.1, -0.05) is 0 Å². The van der Waals surface area contributed by atoms with Crippen LogP contribution in [0.2, 0.25) is 0 Å². The van der Waals surface area contributed by atoms with Crippen molar-refractivity contribution in [2.24, 2.45) is 11.8 Å². The molecule has 7 heteroatoms. The van der Waals surface area contributed by atoms with Crippen LogP contribution in [0.1, 0.15) is 31.4 Å². The molecule has 3 aliphatic rings. The number of ether oxygens (including phenoxy) is 1. The Morgan fingerprint density at radius 1 is 1.14 bits per heavy atom. The number of rotatable bonds is 6. The first-order valence-corrected chi connectivity index (χ1v) is 9.70. The van der Waals surface area contributed by atoms with Gasteiger partial charge in [-0.25, -0.2) is 8.42 Å². The molecule has 2 heterocycles. The molecule has 2 fully saturated rings. The third kappa shape index (κ3) is 3.07. The zero-order chi connectivity index (χ0) is 15.2. The lowest BCUT2D eigenvalue weighted by molar-refractivity contribution is 0.0797. The lowest BCUT2D eigenvalue weighted by atomic mass is 10.1. The van der Waals surface area contributed by atoms with Crippen LogP contribution in [0.4, 0.5) is 0 Å². The van der Waals surface area contributed by atoms with E-state index in [1.807, 2.05) is 10.7 Å². The average molecular weight is 325 g/mol. The average Bonchev–Trinajstić information content (AvgIpc) is 3.36. The van der Waals surface area contributed by atoms with E-state index in [9.17, 15) is 8.42 Å². The van der Waals surface area contributed by atoms with E-state index in [4.69, 9.17) is 4.74 Å². The molecule has 1 aromatic heterocycles. The third-order valence-corrected chi connectivity index (χ3v) is 7.06. The highest BCUT2D eigenvalue weighted by molar-refractivity contribution is 7.90. The Morgan fingerprint density at radius 3 is 2.64 bits per heavy atom. The van der Waals surface area contributed by atoms with Crippen LogP contribution in [-0.4, -0.2) is 47.5 Å². The lowest BCUT2D eigenvalue weighted by Gasteiger charge is -2.23. The molecule has 0 unspecified atom stereocenters. The van der Waals surface area contributed by atoms with E-state index in [2.05, 4.69) is 5.10 Å². The number of hydrogen-bond acceptors (Lipinski definition) is 4. The standard InChI is InChI=1S/C15H23N3O3S/c19-22(20,15-3-4-15)17-7-13(11-21-10-12-1-2-12)8-18-14(9-17)5-6-16-18/h5-6,12-13,15H,1-4,7-11H2/t13-/m1/s1. The van der Waals surface area contributed by atoms with Crippen LogP contribution in [0.3, 0.4) is 0 Å². The Morgan fingerprint density at radius 2 is 1.91 bits per heavy atom. The van der Waals surface area contributed by atoms with Gasteiger partial charge in [0.2, 0.25) is 10.0 Å². The lowest BCUT2D eigenvalue weighted by Crippen LogP contribution is -2.37. The predicted octanol–water partition coefficient (Wildman–Crippen LogP) is 1.23. The summed E-state index contributed by atoms with van der Waals surface area (Å²) in [5, 5.41) is 4.18. The van der Waals surface area contributed by atoms with Crippen LogP contribution in [0.5, 0.6) is 0 Å². The molecule has 6 nitrogen and oxygen atoms in total. The highest BCUT2D eigenvalue weighted by Gasteiger charge is 2.41. The maximum Gasteiger partial charge on any atom is 0.217 e. The van der Waals surface area contributed by atoms with Crippen LogP contribution >= 0.6 is 0 Å². The van der Waals surface area contributed by atoms with Crippen molar-refractivity contribution in [2.75, 3.05) is 19.8 Å². The van der Waals surface area contributed by atoms with Crippen LogP contribution < -0.4 is 0 Å². The fraction of sp³-hybridized carbons (Fsp3) is 0.800. The van der Waals surface area contributed by atoms with Crippen molar-refractivity contribution in [2.45, 2.75) is 44.0 Å². The van der Waals surface area contributed by atoms with E-state index in [0.717, 1.165) is 37.6 Å². The SMILES string of the molecule is O=S(=O)(C1CC1)N1Cc2ccnn2C[C@H](COCC2CC2)C1. The summed E-state index contributed by atoms with van der Waals surface area (Å²) in [4.78, 5) is 0. The fourth-order valence-electron chi connectivity index (χ4n) is 3.06. The molecule has 0 spiro atoms. The zero-order valence-corrected chi connectivity index (χ0v) is 13.5. The van der Waals surface area contributed by atoms with Gasteiger partial charge in [0.1, 0.15) is 0 Å². The van der Waals surface area contributed by atoms with Gasteiger partial charge in [0, 0.05) is 31.8 Å². The molecule has 0 bridgehead atoms. The summed E-state index contributed by atoms with van der Waals surface area (Å²) in [5.41, 5.74) is 0.980. The second-order valence-corrected chi connectivity index (χ2v) is 9.10. The summed E-state index contributed by atoms with van der Waals surface area (Å²) in [6.07, 6.45) is 5.92. The Balaban J connectivity index is 1.49. The van der Waals surface area contributed by atoms with Crippen LogP contribution in [-0.2, 0) is 27.8 Å². The van der Waals surface area contributed by atoms with Gasteiger partial charge in [-0.2, -0.15) is 9.40 Å². The van der Waals surface area contributed by atoms with Gasteiger partial charge in [-0.05, 0) is 37.7 Å². The van der Waals surface area contributed by atoms with E-state index in [-0.39, 0.29) is 11.2 Å². The van der Waals surface area contributed by atoms with Gasteiger partial charge in [0.05, 0.1) is 24.1 Å². The summed E-state index contributed by atoms with van der Waals surface area (Å²) in [5.74, 6) is 0.908. The number of aromatic nitrogens is 2. The van der Waals surface area contributed by atoms with E-state index in [0.29, 0.717) is 19.7 Å². The third-order valence-electron chi connectivity index (χ3n) is 4.75. The van der Waals surface area contributed by atoms with Crippen LogP contribution in [0.25, 0.3) is 0 Å². The number of fused-ring (bicyclic) bond motifs is 1. The summed E-state index contributed by atoms with van der Waals surface area (Å²) in [7, 11) is -3.16. The molecule has 0 radical (unpaired) electrons. The van der Waals surface area contributed by atoms with Gasteiger partial charge in [0.15, 0.2) is 0 Å². The Hall–Kier alpha value is -0.920. The van der Waals surface area contributed by atoms with Crippen molar-refractivity contribution in [3.05, 3.63) is 18.0 Å². The topological polar surface area (TPSA) is 64.4 Å². The molecule has 0 amide bonds. The number of nitrogens with zero attached hydrogens (tertiary/aromatic N) is 3. The Bertz CT molecular complexity index is 634. The van der Waals surface area contributed by atoms with Crippen molar-refractivity contribution in [1.82, 2.24) is 14.1 Å². The molecular weight excluding hydrogens is 302 g/mol. The van der Waals surface area contributed by atoms with Gasteiger partial charge >= 0.3 is 0 Å². The summed E-state index contributed by atoms with van der Waals surface area (Å²) in [6, 6.07) is 1.92. The minimum absolute atomic E-state index is 0.157. The number of sulfonamides is 1. The second kappa shape index (κ2) is 5.62. The van der Waals surface area contributed by atoms with Gasteiger partial charge in [-0.15, -0.1) is 0 Å². The van der Waals surface area contributed by atoms with Crippen molar-refractivity contribution < 1.29 is 13.2 Å². The number of hydrogen-bond donors (Lipinski definition) is 0. The highest BCUT2D eigenvalue weighted by atomic mass is 32.2. The van der Waals surface area contributed by atoms with Gasteiger partial charge in [-0.3, -0.25) is 4.68 Å². The molecule has 2 aliphatic carbocycles. The monoisotopic (exact) mass is 325 g/mol. The smallest absolute Gasteiger partial charge is 0.217 e. The summed E-state index contributed by atoms with van der Waals surface area (Å²) in [6.45, 7) is 3.17. The fourth-order valence-corrected chi connectivity index (χ4v) is 4.94. The van der Waals surface area contributed by atoms with Crippen molar-refractivity contribution >= 4 is 10.0 Å². The molecule has 1 aliphatic heterocycles. The molecule has 0 saturated heterocycles. The molecular formula is C15H23N3O3S. The molecule has 0 N–H and O–H groups in total. The van der Waals surface area contributed by atoms with Crippen molar-refractivity contribution in [1.29, 1.82) is 0 Å². The molecule has 1 atom stereocenters.